The van der Waals surface area contributed by atoms with E-state index >= 15 is 0 Å². The van der Waals surface area contributed by atoms with Gasteiger partial charge in [-0.2, -0.15) is 13.2 Å². The summed E-state index contributed by atoms with van der Waals surface area (Å²) in [6.07, 6.45) is 1.38. The second kappa shape index (κ2) is 6.98. The van der Waals surface area contributed by atoms with Crippen molar-refractivity contribution in [2.45, 2.75) is 51.3 Å². The number of pyridine rings is 1. The molecule has 3 heterocycles. The van der Waals surface area contributed by atoms with E-state index in [-0.39, 0.29) is 12.0 Å². The van der Waals surface area contributed by atoms with Gasteiger partial charge in [0.1, 0.15) is 17.7 Å². The fraction of sp³-hybridized carbons (Fsp3) is 0.526. The minimum absolute atomic E-state index is 0.122. The van der Waals surface area contributed by atoms with Crippen LogP contribution in [0.1, 0.15) is 41.9 Å². The largest absolute Gasteiger partial charge is 0.472 e. The van der Waals surface area contributed by atoms with E-state index in [1.54, 1.807) is 0 Å². The van der Waals surface area contributed by atoms with Gasteiger partial charge in [0.15, 0.2) is 0 Å². The summed E-state index contributed by atoms with van der Waals surface area (Å²) in [6.45, 7) is 3.36. The fourth-order valence-electron chi connectivity index (χ4n) is 3.76. The van der Waals surface area contributed by atoms with Crippen LogP contribution in [0, 0.1) is 6.92 Å². The van der Waals surface area contributed by atoms with Gasteiger partial charge in [-0.3, -0.25) is 0 Å². The van der Waals surface area contributed by atoms with Crippen LogP contribution in [0.4, 0.5) is 19.0 Å². The molecule has 144 valence electrons. The summed E-state index contributed by atoms with van der Waals surface area (Å²) >= 11 is 0. The van der Waals surface area contributed by atoms with Crippen molar-refractivity contribution in [3.05, 3.63) is 41.0 Å². The Morgan fingerprint density at radius 1 is 1.15 bits per heavy atom. The van der Waals surface area contributed by atoms with Gasteiger partial charge in [-0.05, 0) is 38.7 Å². The zero-order valence-electron chi connectivity index (χ0n) is 15.1. The maximum absolute atomic E-state index is 12.6. The van der Waals surface area contributed by atoms with E-state index in [0.29, 0.717) is 6.54 Å². The van der Waals surface area contributed by atoms with Crippen molar-refractivity contribution in [3.63, 3.8) is 0 Å². The third-order valence-corrected chi connectivity index (χ3v) is 5.07. The first kappa shape index (κ1) is 18.0. The molecule has 0 radical (unpaired) electrons. The van der Waals surface area contributed by atoms with E-state index in [2.05, 4.69) is 19.9 Å². The Bertz CT molecular complexity index is 823. The van der Waals surface area contributed by atoms with Gasteiger partial charge in [-0.1, -0.05) is 0 Å². The molecule has 27 heavy (non-hydrogen) atoms. The van der Waals surface area contributed by atoms with E-state index in [0.717, 1.165) is 68.2 Å². The van der Waals surface area contributed by atoms with Crippen LogP contribution < -0.4 is 9.64 Å². The standard InChI is InChI=1S/C19H21F3N4O/c1-12-24-16-5-3-2-4-15(16)18(25-12)26-9-8-14(11-26)27-17-7-6-13(10-23-17)19(20,21)22/h6-7,10,14H,2-5,8-9,11H2,1H3. The molecule has 1 saturated heterocycles. The smallest absolute Gasteiger partial charge is 0.417 e. The highest BCUT2D eigenvalue weighted by molar-refractivity contribution is 5.51. The normalized spacial score (nSPS) is 19.9. The summed E-state index contributed by atoms with van der Waals surface area (Å²) in [7, 11) is 0. The van der Waals surface area contributed by atoms with Crippen LogP contribution in [0.5, 0.6) is 5.88 Å². The average Bonchev–Trinajstić information content (AvgIpc) is 3.09. The van der Waals surface area contributed by atoms with Crippen LogP contribution in [0.3, 0.4) is 0 Å². The minimum atomic E-state index is -4.39. The highest BCUT2D eigenvalue weighted by Crippen LogP contribution is 2.32. The number of hydrogen-bond donors (Lipinski definition) is 0. The molecule has 0 saturated carbocycles. The van der Waals surface area contributed by atoms with Crippen molar-refractivity contribution < 1.29 is 17.9 Å². The van der Waals surface area contributed by atoms with Crippen LogP contribution in [-0.4, -0.2) is 34.1 Å². The molecule has 1 aliphatic heterocycles. The number of halogens is 3. The number of fused-ring (bicyclic) bond motifs is 1. The zero-order chi connectivity index (χ0) is 19.0. The maximum atomic E-state index is 12.6. The van der Waals surface area contributed by atoms with Crippen molar-refractivity contribution in [1.82, 2.24) is 15.0 Å². The predicted molar refractivity (Wildman–Crippen MR) is 93.9 cm³/mol. The fourth-order valence-corrected chi connectivity index (χ4v) is 3.76. The summed E-state index contributed by atoms with van der Waals surface area (Å²) < 4.78 is 43.7. The topological polar surface area (TPSA) is 51.1 Å². The third-order valence-electron chi connectivity index (χ3n) is 5.07. The third kappa shape index (κ3) is 3.84. The van der Waals surface area contributed by atoms with Crippen LogP contribution >= 0.6 is 0 Å². The number of nitrogens with zero attached hydrogens (tertiary/aromatic N) is 4. The second-order valence-electron chi connectivity index (χ2n) is 7.08. The van der Waals surface area contributed by atoms with Crippen LogP contribution in [0.2, 0.25) is 0 Å². The summed E-state index contributed by atoms with van der Waals surface area (Å²) in [6, 6.07) is 2.28. The molecule has 2 aromatic rings. The number of rotatable bonds is 3. The molecule has 8 heteroatoms. The highest BCUT2D eigenvalue weighted by atomic mass is 19.4. The molecule has 1 atom stereocenters. The van der Waals surface area contributed by atoms with Gasteiger partial charge in [0.2, 0.25) is 5.88 Å². The average molecular weight is 378 g/mol. The van der Waals surface area contributed by atoms with E-state index in [1.807, 2.05) is 6.92 Å². The van der Waals surface area contributed by atoms with Crippen molar-refractivity contribution in [2.24, 2.45) is 0 Å². The zero-order valence-corrected chi connectivity index (χ0v) is 15.1. The molecule has 1 aliphatic carbocycles. The van der Waals surface area contributed by atoms with E-state index in [9.17, 15) is 13.2 Å². The lowest BCUT2D eigenvalue weighted by molar-refractivity contribution is -0.137. The first-order valence-electron chi connectivity index (χ1n) is 9.21. The van der Waals surface area contributed by atoms with Crippen molar-refractivity contribution in [1.29, 1.82) is 0 Å². The number of alkyl halides is 3. The van der Waals surface area contributed by atoms with Crippen LogP contribution in [0.15, 0.2) is 18.3 Å². The molecular weight excluding hydrogens is 357 g/mol. The number of anilines is 1. The lowest BCUT2D eigenvalue weighted by atomic mass is 9.96. The number of aryl methyl sites for hydroxylation is 2. The molecule has 2 aromatic heterocycles. The summed E-state index contributed by atoms with van der Waals surface area (Å²) in [4.78, 5) is 15.3. The molecular formula is C19H21F3N4O. The van der Waals surface area contributed by atoms with Crippen molar-refractivity contribution in [2.75, 3.05) is 18.0 Å². The Labute approximate surface area is 155 Å². The number of hydrogen-bond acceptors (Lipinski definition) is 5. The summed E-state index contributed by atoms with van der Waals surface area (Å²) in [5.41, 5.74) is 1.61. The van der Waals surface area contributed by atoms with Gasteiger partial charge in [-0.25, -0.2) is 15.0 Å². The Hall–Kier alpha value is -2.38. The lowest BCUT2D eigenvalue weighted by Crippen LogP contribution is -2.28. The maximum Gasteiger partial charge on any atom is 0.417 e. The lowest BCUT2D eigenvalue weighted by Gasteiger charge is -2.25. The van der Waals surface area contributed by atoms with Crippen molar-refractivity contribution in [3.8, 4) is 5.88 Å². The Kier molecular flexibility index (Phi) is 4.65. The molecule has 2 aliphatic rings. The molecule has 4 rings (SSSR count). The SMILES string of the molecule is Cc1nc2c(c(N3CCC(Oc4ccc(C(F)(F)F)cn4)C3)n1)CCCC2. The number of aromatic nitrogens is 3. The Morgan fingerprint density at radius 3 is 2.70 bits per heavy atom. The highest BCUT2D eigenvalue weighted by Gasteiger charge is 2.32. The monoisotopic (exact) mass is 378 g/mol. The van der Waals surface area contributed by atoms with E-state index < -0.39 is 11.7 Å². The van der Waals surface area contributed by atoms with Gasteiger partial charge >= 0.3 is 6.18 Å². The molecule has 1 fully saturated rings. The second-order valence-corrected chi connectivity index (χ2v) is 7.08. The minimum Gasteiger partial charge on any atom is -0.472 e. The van der Waals surface area contributed by atoms with Gasteiger partial charge < -0.3 is 9.64 Å². The van der Waals surface area contributed by atoms with Crippen LogP contribution in [0.25, 0.3) is 0 Å². The van der Waals surface area contributed by atoms with E-state index in [4.69, 9.17) is 4.74 Å². The first-order valence-corrected chi connectivity index (χ1v) is 9.21. The summed E-state index contributed by atoms with van der Waals surface area (Å²) in [5.74, 6) is 1.99. The molecule has 0 aromatic carbocycles. The molecule has 0 N–H and O–H groups in total. The molecule has 0 bridgehead atoms. The quantitative estimate of drug-likeness (QED) is 0.815. The van der Waals surface area contributed by atoms with Gasteiger partial charge in [0.25, 0.3) is 0 Å². The molecule has 0 spiro atoms. The van der Waals surface area contributed by atoms with Gasteiger partial charge in [0.05, 0.1) is 12.1 Å². The first-order chi connectivity index (χ1) is 12.9. The van der Waals surface area contributed by atoms with Crippen LogP contribution in [-0.2, 0) is 19.0 Å². The van der Waals surface area contributed by atoms with Gasteiger partial charge in [0, 0.05) is 36.5 Å². The molecule has 1 unspecified atom stereocenters. The van der Waals surface area contributed by atoms with Gasteiger partial charge in [-0.15, -0.1) is 0 Å². The van der Waals surface area contributed by atoms with E-state index in [1.165, 1.54) is 11.6 Å². The Balaban J connectivity index is 1.46. The predicted octanol–water partition coefficient (Wildman–Crippen LogP) is 3.74. The Morgan fingerprint density at radius 2 is 1.96 bits per heavy atom. The molecule has 5 nitrogen and oxygen atoms in total. The van der Waals surface area contributed by atoms with Crippen molar-refractivity contribution >= 4 is 5.82 Å². The molecule has 0 amide bonds. The summed E-state index contributed by atoms with van der Waals surface area (Å²) in [5, 5.41) is 0. The number of ether oxygens (including phenoxy) is 1.